The minimum absolute atomic E-state index is 0.307. The summed E-state index contributed by atoms with van der Waals surface area (Å²) in [5.41, 5.74) is 2.69. The number of nitrogens with one attached hydrogen (secondary N) is 1. The van der Waals surface area contributed by atoms with Crippen LogP contribution >= 0.6 is 0 Å². The lowest BCUT2D eigenvalue weighted by Crippen LogP contribution is -2.05. The summed E-state index contributed by atoms with van der Waals surface area (Å²) in [6.45, 7) is 4.82. The summed E-state index contributed by atoms with van der Waals surface area (Å²) in [5, 5.41) is 3.32. The van der Waals surface area contributed by atoms with E-state index < -0.39 is 0 Å². The Balaban J connectivity index is 1.88. The van der Waals surface area contributed by atoms with Crippen LogP contribution in [0.5, 0.6) is 5.75 Å². The van der Waals surface area contributed by atoms with E-state index in [2.05, 4.69) is 34.1 Å². The number of aromatic nitrogens is 4. The number of hydrogen-bond acceptors (Lipinski definition) is 5. The van der Waals surface area contributed by atoms with Crippen LogP contribution in [-0.2, 0) is 6.54 Å². The van der Waals surface area contributed by atoms with Crippen LogP contribution in [-0.4, -0.2) is 26.6 Å². The maximum absolute atomic E-state index is 5.36. The average Bonchev–Trinajstić information content (AvgIpc) is 2.98. The van der Waals surface area contributed by atoms with E-state index in [9.17, 15) is 0 Å². The van der Waals surface area contributed by atoms with E-state index in [0.29, 0.717) is 12.6 Å². The number of para-hydroxylation sites is 1. The number of anilines is 1. The van der Waals surface area contributed by atoms with Crippen LogP contribution in [0.25, 0.3) is 11.2 Å². The fraction of sp³-hybridized carbons (Fsp3) is 0.312. The Kier molecular flexibility index (Phi) is 3.91. The van der Waals surface area contributed by atoms with Gasteiger partial charge in [0, 0.05) is 18.2 Å². The van der Waals surface area contributed by atoms with Gasteiger partial charge in [-0.2, -0.15) is 0 Å². The molecule has 3 rings (SSSR count). The first-order chi connectivity index (χ1) is 10.7. The number of nitrogens with zero attached hydrogens (tertiary/aromatic N) is 4. The minimum Gasteiger partial charge on any atom is -0.496 e. The summed E-state index contributed by atoms with van der Waals surface area (Å²) in [6, 6.07) is 8.22. The number of imidazole rings is 1. The smallest absolute Gasteiger partial charge is 0.165 e. The van der Waals surface area contributed by atoms with Crippen LogP contribution in [0.4, 0.5) is 5.82 Å². The highest BCUT2D eigenvalue weighted by molar-refractivity contribution is 5.82. The van der Waals surface area contributed by atoms with Gasteiger partial charge < -0.3 is 14.6 Å². The molecule has 0 saturated heterocycles. The zero-order valence-electron chi connectivity index (χ0n) is 12.9. The molecule has 6 nitrogen and oxygen atoms in total. The van der Waals surface area contributed by atoms with Gasteiger partial charge in [0.1, 0.15) is 17.6 Å². The summed E-state index contributed by atoms with van der Waals surface area (Å²) in [6.07, 6.45) is 3.37. The van der Waals surface area contributed by atoms with Crippen LogP contribution in [0.3, 0.4) is 0 Å². The predicted octanol–water partition coefficient (Wildman–Crippen LogP) is 3.03. The number of rotatable bonds is 5. The summed E-state index contributed by atoms with van der Waals surface area (Å²) < 4.78 is 7.40. The highest BCUT2D eigenvalue weighted by atomic mass is 16.5. The molecule has 22 heavy (non-hydrogen) atoms. The fourth-order valence-corrected chi connectivity index (χ4v) is 2.39. The predicted molar refractivity (Wildman–Crippen MR) is 86.0 cm³/mol. The van der Waals surface area contributed by atoms with Crippen molar-refractivity contribution in [2.75, 3.05) is 12.4 Å². The first kappa shape index (κ1) is 14.3. The lowest BCUT2D eigenvalue weighted by molar-refractivity contribution is 0.410. The number of methoxy groups -OCH3 is 1. The number of ether oxygens (including phenoxy) is 1. The Labute approximate surface area is 129 Å². The van der Waals surface area contributed by atoms with Crippen molar-refractivity contribution in [2.24, 2.45) is 0 Å². The lowest BCUT2D eigenvalue weighted by atomic mass is 10.2. The SMILES string of the molecule is COc1ccccc1CNc1ncnc2c1ncn2C(C)C. The Morgan fingerprint density at radius 1 is 1.18 bits per heavy atom. The van der Waals surface area contributed by atoms with Gasteiger partial charge in [-0.1, -0.05) is 18.2 Å². The molecule has 1 N–H and O–H groups in total. The van der Waals surface area contributed by atoms with Crippen molar-refractivity contribution in [1.29, 1.82) is 0 Å². The van der Waals surface area contributed by atoms with Crippen molar-refractivity contribution >= 4 is 17.0 Å². The van der Waals surface area contributed by atoms with Gasteiger partial charge in [-0.3, -0.25) is 0 Å². The fourth-order valence-electron chi connectivity index (χ4n) is 2.39. The van der Waals surface area contributed by atoms with E-state index >= 15 is 0 Å². The molecule has 0 atom stereocenters. The van der Waals surface area contributed by atoms with Gasteiger partial charge in [0.2, 0.25) is 0 Å². The van der Waals surface area contributed by atoms with Gasteiger partial charge in [0.25, 0.3) is 0 Å². The molecule has 1 aromatic carbocycles. The van der Waals surface area contributed by atoms with E-state index in [1.165, 1.54) is 0 Å². The molecule has 0 bridgehead atoms. The summed E-state index contributed by atoms with van der Waals surface area (Å²) in [5.74, 6) is 1.59. The van der Waals surface area contributed by atoms with Crippen molar-refractivity contribution in [3.8, 4) is 5.75 Å². The normalized spacial score (nSPS) is 11.1. The summed E-state index contributed by atoms with van der Waals surface area (Å²) in [4.78, 5) is 13.1. The van der Waals surface area contributed by atoms with Gasteiger partial charge in [0.05, 0.1) is 13.4 Å². The Morgan fingerprint density at radius 2 is 2.00 bits per heavy atom. The molecule has 0 aliphatic heterocycles. The Hall–Kier alpha value is -2.63. The zero-order chi connectivity index (χ0) is 15.5. The Bertz CT molecular complexity index is 781. The molecular weight excluding hydrogens is 278 g/mol. The highest BCUT2D eigenvalue weighted by Crippen LogP contribution is 2.22. The van der Waals surface area contributed by atoms with Crippen LogP contribution in [0, 0.1) is 0 Å². The van der Waals surface area contributed by atoms with Gasteiger partial charge in [-0.25, -0.2) is 15.0 Å². The van der Waals surface area contributed by atoms with Crippen molar-refractivity contribution in [3.63, 3.8) is 0 Å². The molecule has 0 saturated carbocycles. The molecule has 0 amide bonds. The van der Waals surface area contributed by atoms with Crippen LogP contribution in [0.2, 0.25) is 0 Å². The number of benzene rings is 1. The van der Waals surface area contributed by atoms with Crippen molar-refractivity contribution in [2.45, 2.75) is 26.4 Å². The summed E-state index contributed by atoms with van der Waals surface area (Å²) >= 11 is 0. The largest absolute Gasteiger partial charge is 0.496 e. The first-order valence-corrected chi connectivity index (χ1v) is 7.24. The highest BCUT2D eigenvalue weighted by Gasteiger charge is 2.12. The standard InChI is InChI=1S/C16H19N5O/c1-11(2)21-10-20-14-15(18-9-19-16(14)21)17-8-12-6-4-5-7-13(12)22-3/h4-7,9-11H,8H2,1-3H3,(H,17,18,19). The van der Waals surface area contributed by atoms with E-state index in [-0.39, 0.29) is 0 Å². The molecule has 0 unspecified atom stereocenters. The maximum Gasteiger partial charge on any atom is 0.165 e. The number of fused-ring (bicyclic) bond motifs is 1. The molecule has 0 aliphatic carbocycles. The van der Waals surface area contributed by atoms with Gasteiger partial charge in [-0.15, -0.1) is 0 Å². The van der Waals surface area contributed by atoms with Crippen molar-refractivity contribution in [1.82, 2.24) is 19.5 Å². The van der Waals surface area contributed by atoms with Gasteiger partial charge in [-0.05, 0) is 19.9 Å². The zero-order valence-corrected chi connectivity index (χ0v) is 12.9. The second-order valence-corrected chi connectivity index (χ2v) is 5.31. The third kappa shape index (κ3) is 2.59. The molecule has 6 heteroatoms. The van der Waals surface area contributed by atoms with E-state index in [0.717, 1.165) is 28.3 Å². The number of hydrogen-bond donors (Lipinski definition) is 1. The second-order valence-electron chi connectivity index (χ2n) is 5.31. The molecule has 114 valence electrons. The molecule has 3 aromatic rings. The molecule has 0 radical (unpaired) electrons. The first-order valence-electron chi connectivity index (χ1n) is 7.24. The van der Waals surface area contributed by atoms with E-state index in [4.69, 9.17) is 4.74 Å². The van der Waals surface area contributed by atoms with Crippen LogP contribution < -0.4 is 10.1 Å². The molecule has 0 spiro atoms. The van der Waals surface area contributed by atoms with Gasteiger partial charge >= 0.3 is 0 Å². The molecule has 2 heterocycles. The summed E-state index contributed by atoms with van der Waals surface area (Å²) in [7, 11) is 1.67. The minimum atomic E-state index is 0.307. The van der Waals surface area contributed by atoms with E-state index in [1.807, 2.05) is 28.8 Å². The second kappa shape index (κ2) is 6.01. The third-order valence-corrected chi connectivity index (χ3v) is 3.55. The lowest BCUT2D eigenvalue weighted by Gasteiger charge is -2.10. The van der Waals surface area contributed by atoms with Crippen molar-refractivity contribution < 1.29 is 4.74 Å². The third-order valence-electron chi connectivity index (χ3n) is 3.55. The van der Waals surface area contributed by atoms with Crippen LogP contribution in [0.1, 0.15) is 25.5 Å². The quantitative estimate of drug-likeness (QED) is 0.784. The Morgan fingerprint density at radius 3 is 2.77 bits per heavy atom. The van der Waals surface area contributed by atoms with Crippen molar-refractivity contribution in [3.05, 3.63) is 42.5 Å². The molecule has 0 aliphatic rings. The molecular formula is C16H19N5O. The maximum atomic E-state index is 5.36. The molecule has 2 aromatic heterocycles. The molecule has 0 fully saturated rings. The topological polar surface area (TPSA) is 64.9 Å². The van der Waals surface area contributed by atoms with Gasteiger partial charge in [0.15, 0.2) is 11.5 Å². The van der Waals surface area contributed by atoms with Crippen LogP contribution in [0.15, 0.2) is 36.9 Å². The monoisotopic (exact) mass is 297 g/mol. The average molecular weight is 297 g/mol. The van der Waals surface area contributed by atoms with E-state index in [1.54, 1.807) is 19.8 Å².